The van der Waals surface area contributed by atoms with Crippen LogP contribution in [0.5, 0.6) is 0 Å². The molecule has 0 aliphatic carbocycles. The van der Waals surface area contributed by atoms with Crippen LogP contribution in [-0.2, 0) is 0 Å². The maximum absolute atomic E-state index is 11.6. The van der Waals surface area contributed by atoms with Crippen LogP contribution in [0.1, 0.15) is 56.3 Å². The van der Waals surface area contributed by atoms with Gasteiger partial charge in [-0.15, -0.1) is 0 Å². The number of carbonyl (C=O) groups is 1. The minimum Gasteiger partial charge on any atom is -0.397 e. The molecule has 4 N–H and O–H groups in total. The van der Waals surface area contributed by atoms with E-state index in [1.54, 1.807) is 19.2 Å². The quantitative estimate of drug-likeness (QED) is 0.638. The summed E-state index contributed by atoms with van der Waals surface area (Å²) in [5.74, 6) is -0.112. The van der Waals surface area contributed by atoms with Crippen molar-refractivity contribution in [1.29, 1.82) is 0 Å². The first-order chi connectivity index (χ1) is 9.62. The van der Waals surface area contributed by atoms with Crippen molar-refractivity contribution >= 4 is 17.3 Å². The number of nitrogen functional groups attached to an aromatic ring is 1. The highest BCUT2D eigenvalue weighted by Crippen LogP contribution is 2.23. The predicted molar refractivity (Wildman–Crippen MR) is 86.1 cm³/mol. The Morgan fingerprint density at radius 1 is 1.25 bits per heavy atom. The fourth-order valence-electron chi connectivity index (χ4n) is 2.29. The molecule has 20 heavy (non-hydrogen) atoms. The van der Waals surface area contributed by atoms with Crippen LogP contribution in [0, 0.1) is 0 Å². The van der Waals surface area contributed by atoms with Crippen molar-refractivity contribution in [3.63, 3.8) is 0 Å². The van der Waals surface area contributed by atoms with Crippen LogP contribution in [0.25, 0.3) is 0 Å². The first-order valence-electron chi connectivity index (χ1n) is 7.50. The van der Waals surface area contributed by atoms with E-state index in [4.69, 9.17) is 5.73 Å². The maximum Gasteiger partial charge on any atom is 0.251 e. The molecule has 4 nitrogen and oxygen atoms in total. The lowest BCUT2D eigenvalue weighted by atomic mass is 10.0. The van der Waals surface area contributed by atoms with E-state index in [9.17, 15) is 4.79 Å². The van der Waals surface area contributed by atoms with Gasteiger partial charge in [0, 0.05) is 18.7 Å². The number of nitrogens with two attached hydrogens (primary N) is 1. The van der Waals surface area contributed by atoms with Gasteiger partial charge in [-0.25, -0.2) is 0 Å². The third-order valence-electron chi connectivity index (χ3n) is 3.44. The highest BCUT2D eigenvalue weighted by molar-refractivity contribution is 5.95. The number of hydrogen-bond acceptors (Lipinski definition) is 3. The zero-order valence-corrected chi connectivity index (χ0v) is 12.8. The molecule has 1 amide bonds. The summed E-state index contributed by atoms with van der Waals surface area (Å²) in [6, 6.07) is 5.88. The maximum atomic E-state index is 11.6. The smallest absolute Gasteiger partial charge is 0.251 e. The second-order valence-electron chi connectivity index (χ2n) is 5.15. The van der Waals surface area contributed by atoms with Crippen molar-refractivity contribution in [3.05, 3.63) is 23.8 Å². The molecular weight excluding hydrogens is 250 g/mol. The summed E-state index contributed by atoms with van der Waals surface area (Å²) in [6.45, 7) is 4.40. The normalized spacial score (nSPS) is 11.9. The summed E-state index contributed by atoms with van der Waals surface area (Å²) in [7, 11) is 1.62. The van der Waals surface area contributed by atoms with Gasteiger partial charge < -0.3 is 16.4 Å². The molecule has 0 aliphatic heterocycles. The van der Waals surface area contributed by atoms with Crippen LogP contribution < -0.4 is 16.4 Å². The van der Waals surface area contributed by atoms with E-state index in [1.807, 2.05) is 6.07 Å². The largest absolute Gasteiger partial charge is 0.397 e. The van der Waals surface area contributed by atoms with Crippen molar-refractivity contribution in [2.75, 3.05) is 18.1 Å². The molecule has 112 valence electrons. The molecule has 0 heterocycles. The van der Waals surface area contributed by atoms with Crippen LogP contribution in [0.4, 0.5) is 11.4 Å². The molecule has 0 radical (unpaired) electrons. The SMILES string of the molecule is CCCCC(CCC)Nc1ccc(C(=O)NC)cc1N. The molecule has 1 aromatic rings. The lowest BCUT2D eigenvalue weighted by Gasteiger charge is -2.20. The molecule has 0 aliphatic rings. The van der Waals surface area contributed by atoms with Crippen LogP contribution in [0.2, 0.25) is 0 Å². The Kier molecular flexibility index (Phi) is 6.91. The number of benzene rings is 1. The van der Waals surface area contributed by atoms with E-state index in [0.29, 0.717) is 17.3 Å². The third-order valence-corrected chi connectivity index (χ3v) is 3.44. The molecule has 1 atom stereocenters. The average Bonchev–Trinajstić information content (AvgIpc) is 2.46. The van der Waals surface area contributed by atoms with E-state index in [0.717, 1.165) is 24.9 Å². The van der Waals surface area contributed by atoms with Crippen molar-refractivity contribution in [2.24, 2.45) is 0 Å². The molecule has 4 heteroatoms. The Morgan fingerprint density at radius 2 is 2.00 bits per heavy atom. The van der Waals surface area contributed by atoms with Gasteiger partial charge in [0.25, 0.3) is 5.91 Å². The highest BCUT2D eigenvalue weighted by Gasteiger charge is 2.11. The Labute approximate surface area is 122 Å². The Morgan fingerprint density at radius 3 is 2.55 bits per heavy atom. The summed E-state index contributed by atoms with van der Waals surface area (Å²) >= 11 is 0. The van der Waals surface area contributed by atoms with Crippen molar-refractivity contribution in [2.45, 2.75) is 52.0 Å². The van der Waals surface area contributed by atoms with Gasteiger partial charge in [-0.05, 0) is 31.0 Å². The van der Waals surface area contributed by atoms with Gasteiger partial charge in [-0.3, -0.25) is 4.79 Å². The van der Waals surface area contributed by atoms with E-state index in [1.165, 1.54) is 12.8 Å². The predicted octanol–water partition coefficient (Wildman–Crippen LogP) is 3.40. The molecule has 0 bridgehead atoms. The second kappa shape index (κ2) is 8.46. The number of hydrogen-bond donors (Lipinski definition) is 3. The standard InChI is InChI=1S/C16H27N3O/c1-4-6-8-13(7-5-2)19-15-10-9-12(11-14(15)17)16(20)18-3/h9-11,13,19H,4-8,17H2,1-3H3,(H,18,20). The summed E-state index contributed by atoms with van der Waals surface area (Å²) in [5.41, 5.74) is 8.19. The van der Waals surface area contributed by atoms with E-state index >= 15 is 0 Å². The fourth-order valence-corrected chi connectivity index (χ4v) is 2.29. The first-order valence-corrected chi connectivity index (χ1v) is 7.50. The van der Waals surface area contributed by atoms with E-state index < -0.39 is 0 Å². The molecule has 0 aromatic heterocycles. The number of unbranched alkanes of at least 4 members (excludes halogenated alkanes) is 1. The molecular formula is C16H27N3O. The minimum atomic E-state index is -0.112. The molecule has 1 aromatic carbocycles. The molecule has 0 spiro atoms. The lowest BCUT2D eigenvalue weighted by Crippen LogP contribution is -2.21. The van der Waals surface area contributed by atoms with Crippen molar-refractivity contribution < 1.29 is 4.79 Å². The molecule has 0 fully saturated rings. The number of anilines is 2. The summed E-state index contributed by atoms with van der Waals surface area (Å²) in [4.78, 5) is 11.6. The first kappa shape index (κ1) is 16.3. The van der Waals surface area contributed by atoms with E-state index in [-0.39, 0.29) is 5.91 Å². The van der Waals surface area contributed by atoms with Crippen LogP contribution in [0.15, 0.2) is 18.2 Å². The number of amides is 1. The lowest BCUT2D eigenvalue weighted by molar-refractivity contribution is 0.0963. The Hall–Kier alpha value is -1.71. The topological polar surface area (TPSA) is 67.2 Å². The van der Waals surface area contributed by atoms with Gasteiger partial charge in [0.1, 0.15) is 0 Å². The zero-order valence-electron chi connectivity index (χ0n) is 12.8. The van der Waals surface area contributed by atoms with Crippen LogP contribution >= 0.6 is 0 Å². The highest BCUT2D eigenvalue weighted by atomic mass is 16.1. The minimum absolute atomic E-state index is 0.112. The third kappa shape index (κ3) is 4.76. The summed E-state index contributed by atoms with van der Waals surface area (Å²) in [5, 5.41) is 6.11. The number of nitrogens with one attached hydrogen (secondary N) is 2. The molecule has 1 rings (SSSR count). The van der Waals surface area contributed by atoms with Gasteiger partial charge in [0.05, 0.1) is 11.4 Å². The number of carbonyl (C=O) groups excluding carboxylic acids is 1. The zero-order chi connectivity index (χ0) is 15.0. The molecule has 0 saturated heterocycles. The molecule has 0 saturated carbocycles. The summed E-state index contributed by atoms with van der Waals surface area (Å²) < 4.78 is 0. The van der Waals surface area contributed by atoms with Gasteiger partial charge >= 0.3 is 0 Å². The van der Waals surface area contributed by atoms with Gasteiger partial charge in [0.15, 0.2) is 0 Å². The number of rotatable bonds is 8. The van der Waals surface area contributed by atoms with Crippen LogP contribution in [-0.4, -0.2) is 19.0 Å². The van der Waals surface area contributed by atoms with Gasteiger partial charge in [0.2, 0.25) is 0 Å². The Balaban J connectivity index is 2.77. The van der Waals surface area contributed by atoms with Crippen molar-refractivity contribution in [3.8, 4) is 0 Å². The fraction of sp³-hybridized carbons (Fsp3) is 0.562. The van der Waals surface area contributed by atoms with Crippen LogP contribution in [0.3, 0.4) is 0 Å². The second-order valence-corrected chi connectivity index (χ2v) is 5.15. The Bertz CT molecular complexity index is 432. The monoisotopic (exact) mass is 277 g/mol. The molecule has 1 unspecified atom stereocenters. The van der Waals surface area contributed by atoms with Gasteiger partial charge in [-0.2, -0.15) is 0 Å². The van der Waals surface area contributed by atoms with Gasteiger partial charge in [-0.1, -0.05) is 33.1 Å². The van der Waals surface area contributed by atoms with Crippen molar-refractivity contribution in [1.82, 2.24) is 5.32 Å². The average molecular weight is 277 g/mol. The van der Waals surface area contributed by atoms with E-state index in [2.05, 4.69) is 24.5 Å². The summed E-state index contributed by atoms with van der Waals surface area (Å²) in [6.07, 6.45) is 5.86.